The van der Waals surface area contributed by atoms with Gasteiger partial charge in [0.2, 0.25) is 0 Å². The zero-order valence-corrected chi connectivity index (χ0v) is 18.6. The molecule has 1 unspecified atom stereocenters. The van der Waals surface area contributed by atoms with Crippen molar-refractivity contribution in [1.29, 1.82) is 0 Å². The Kier molecular flexibility index (Phi) is 7.32. The van der Waals surface area contributed by atoms with Crippen LogP contribution >= 0.6 is 24.0 Å². The second-order valence-corrected chi connectivity index (χ2v) is 7.49. The normalized spacial score (nSPS) is 27.5. The minimum absolute atomic E-state index is 0. The lowest BCUT2D eigenvalue weighted by atomic mass is 10.1. The van der Waals surface area contributed by atoms with Gasteiger partial charge in [0.1, 0.15) is 11.6 Å². The maximum atomic E-state index is 14.0. The van der Waals surface area contributed by atoms with Crippen LogP contribution in [0.2, 0.25) is 0 Å². The zero-order valence-electron chi connectivity index (χ0n) is 16.3. The van der Waals surface area contributed by atoms with Gasteiger partial charge in [-0.15, -0.1) is 24.0 Å². The van der Waals surface area contributed by atoms with E-state index >= 15 is 0 Å². The molecule has 0 amide bonds. The molecule has 1 atom stereocenters. The smallest absolute Gasteiger partial charge is 0.193 e. The van der Waals surface area contributed by atoms with E-state index in [4.69, 9.17) is 0 Å². The lowest BCUT2D eigenvalue weighted by molar-refractivity contribution is 0.0152. The number of hydrogen-bond donors (Lipinski definition) is 1. The van der Waals surface area contributed by atoms with E-state index in [1.54, 1.807) is 7.05 Å². The van der Waals surface area contributed by atoms with E-state index in [0.29, 0.717) is 24.8 Å². The van der Waals surface area contributed by atoms with Crippen LogP contribution in [0.5, 0.6) is 0 Å². The fraction of sp³-hybridized carbons (Fsp3) is 0.632. The van der Waals surface area contributed by atoms with Gasteiger partial charge < -0.3 is 15.1 Å². The van der Waals surface area contributed by atoms with Crippen LogP contribution in [0.1, 0.15) is 0 Å². The van der Waals surface area contributed by atoms with Crippen molar-refractivity contribution in [3.05, 3.63) is 29.8 Å². The van der Waals surface area contributed by atoms with Gasteiger partial charge in [0.15, 0.2) is 5.96 Å². The van der Waals surface area contributed by atoms with E-state index < -0.39 is 5.82 Å². The van der Waals surface area contributed by atoms with Crippen molar-refractivity contribution >= 4 is 35.6 Å². The van der Waals surface area contributed by atoms with Crippen molar-refractivity contribution in [2.75, 3.05) is 77.4 Å². The molecule has 2 bridgehead atoms. The molecule has 1 aromatic rings. The van der Waals surface area contributed by atoms with E-state index in [9.17, 15) is 8.78 Å². The molecular formula is C19H29F2IN6. The fourth-order valence-electron chi connectivity index (χ4n) is 4.35. The zero-order chi connectivity index (χ0) is 18.8. The number of fused-ring (bicyclic) bond motifs is 3. The predicted octanol–water partition coefficient (Wildman–Crippen LogP) is 1.28. The molecule has 0 spiro atoms. The number of hydrogen-bond acceptors (Lipinski definition) is 4. The SMILES string of the molecule is CN=C(NCC1CN2CCN1CC2)N1CCN(c2cc(F)ccc2F)CC1.I. The number of nitrogens with one attached hydrogen (secondary N) is 1. The van der Waals surface area contributed by atoms with Crippen LogP contribution in [0, 0.1) is 11.6 Å². The maximum Gasteiger partial charge on any atom is 0.193 e. The molecule has 0 aromatic heterocycles. The van der Waals surface area contributed by atoms with Gasteiger partial charge in [-0.05, 0) is 12.1 Å². The molecule has 1 N–H and O–H groups in total. The molecule has 0 aliphatic carbocycles. The third kappa shape index (κ3) is 4.68. The van der Waals surface area contributed by atoms with Crippen LogP contribution < -0.4 is 10.2 Å². The summed E-state index contributed by atoms with van der Waals surface area (Å²) < 4.78 is 27.5. The van der Waals surface area contributed by atoms with Gasteiger partial charge in [0, 0.05) is 84.6 Å². The summed E-state index contributed by atoms with van der Waals surface area (Å²) in [4.78, 5) is 13.6. The molecule has 156 valence electrons. The second-order valence-electron chi connectivity index (χ2n) is 7.49. The topological polar surface area (TPSA) is 37.4 Å². The molecular weight excluding hydrogens is 477 g/mol. The van der Waals surface area contributed by atoms with Gasteiger partial charge >= 0.3 is 0 Å². The maximum absolute atomic E-state index is 14.0. The molecule has 4 saturated heterocycles. The molecule has 4 aliphatic rings. The highest BCUT2D eigenvalue weighted by molar-refractivity contribution is 14.0. The molecule has 1 aromatic carbocycles. The first-order valence-electron chi connectivity index (χ1n) is 9.76. The Balaban J connectivity index is 0.00000225. The molecule has 28 heavy (non-hydrogen) atoms. The minimum atomic E-state index is -0.404. The van der Waals surface area contributed by atoms with Crippen molar-refractivity contribution in [1.82, 2.24) is 20.0 Å². The summed E-state index contributed by atoms with van der Waals surface area (Å²) in [6.07, 6.45) is 0. The Hall–Kier alpha value is -1.20. The lowest BCUT2D eigenvalue weighted by Gasteiger charge is -2.48. The molecule has 9 heteroatoms. The molecule has 4 fully saturated rings. The summed E-state index contributed by atoms with van der Waals surface area (Å²) in [6.45, 7) is 9.44. The number of nitrogens with zero attached hydrogens (tertiary/aromatic N) is 5. The van der Waals surface area contributed by atoms with E-state index in [1.807, 2.05) is 4.90 Å². The first-order chi connectivity index (χ1) is 13.1. The number of piperazine rings is 4. The number of benzene rings is 1. The van der Waals surface area contributed by atoms with Gasteiger partial charge in [0.25, 0.3) is 0 Å². The fourth-order valence-corrected chi connectivity index (χ4v) is 4.35. The number of guanidine groups is 1. The van der Waals surface area contributed by atoms with Crippen molar-refractivity contribution in [2.45, 2.75) is 6.04 Å². The Labute approximate surface area is 182 Å². The summed E-state index contributed by atoms with van der Waals surface area (Å²) in [7, 11) is 1.80. The molecule has 5 rings (SSSR count). The van der Waals surface area contributed by atoms with Gasteiger partial charge in [-0.3, -0.25) is 14.8 Å². The van der Waals surface area contributed by atoms with Crippen LogP contribution in [0.25, 0.3) is 0 Å². The van der Waals surface area contributed by atoms with Crippen LogP contribution in [0.15, 0.2) is 23.2 Å². The number of aliphatic imine (C=N–C) groups is 1. The van der Waals surface area contributed by atoms with E-state index in [2.05, 4.69) is 25.0 Å². The lowest BCUT2D eigenvalue weighted by Crippen LogP contribution is -2.64. The highest BCUT2D eigenvalue weighted by Gasteiger charge is 2.32. The molecule has 4 heterocycles. The van der Waals surface area contributed by atoms with Crippen LogP contribution in [-0.2, 0) is 0 Å². The highest BCUT2D eigenvalue weighted by Crippen LogP contribution is 2.22. The summed E-state index contributed by atoms with van der Waals surface area (Å²) in [5.41, 5.74) is 0.345. The van der Waals surface area contributed by atoms with Gasteiger partial charge in [-0.1, -0.05) is 0 Å². The highest BCUT2D eigenvalue weighted by atomic mass is 127. The van der Waals surface area contributed by atoms with Crippen LogP contribution in [-0.4, -0.2) is 99.2 Å². The summed E-state index contributed by atoms with van der Waals surface area (Å²) in [6, 6.07) is 4.17. The Morgan fingerprint density at radius 3 is 2.39 bits per heavy atom. The monoisotopic (exact) mass is 506 g/mol. The summed E-state index contributed by atoms with van der Waals surface area (Å²) >= 11 is 0. The van der Waals surface area contributed by atoms with Gasteiger partial charge in [-0.25, -0.2) is 8.78 Å². The molecule has 0 saturated carbocycles. The third-order valence-corrected chi connectivity index (χ3v) is 5.93. The standard InChI is InChI=1S/C19H28F2N6.HI/c1-22-19(23-13-16-14-24-4-6-25(16)7-5-24)27-10-8-26(9-11-27)18-12-15(20)2-3-17(18)21;/h2-3,12,16H,4-11,13-14H2,1H3,(H,22,23);1H. The minimum Gasteiger partial charge on any atom is -0.366 e. The second kappa shape index (κ2) is 9.53. The van der Waals surface area contributed by atoms with Crippen LogP contribution in [0.4, 0.5) is 14.5 Å². The number of halogens is 3. The summed E-state index contributed by atoms with van der Waals surface area (Å²) in [5.74, 6) is 0.120. The Morgan fingerprint density at radius 2 is 1.79 bits per heavy atom. The average Bonchev–Trinajstić information content (AvgIpc) is 2.72. The van der Waals surface area contributed by atoms with Crippen molar-refractivity contribution in [3.8, 4) is 0 Å². The average molecular weight is 506 g/mol. The summed E-state index contributed by atoms with van der Waals surface area (Å²) in [5, 5.41) is 3.52. The largest absolute Gasteiger partial charge is 0.366 e. The third-order valence-electron chi connectivity index (χ3n) is 5.93. The quantitative estimate of drug-likeness (QED) is 0.380. The van der Waals surface area contributed by atoms with Gasteiger partial charge in [0.05, 0.1) is 5.69 Å². The molecule has 4 aliphatic heterocycles. The Morgan fingerprint density at radius 1 is 1.07 bits per heavy atom. The van der Waals surface area contributed by atoms with E-state index in [0.717, 1.165) is 51.3 Å². The van der Waals surface area contributed by atoms with E-state index in [1.165, 1.54) is 25.2 Å². The van der Waals surface area contributed by atoms with Crippen LogP contribution in [0.3, 0.4) is 0 Å². The van der Waals surface area contributed by atoms with Crippen molar-refractivity contribution in [3.63, 3.8) is 0 Å². The molecule has 6 nitrogen and oxygen atoms in total. The Bertz CT molecular complexity index is 687. The molecule has 0 radical (unpaired) electrons. The first kappa shape index (κ1) is 21.5. The van der Waals surface area contributed by atoms with Crippen molar-refractivity contribution < 1.29 is 8.78 Å². The predicted molar refractivity (Wildman–Crippen MR) is 119 cm³/mol. The van der Waals surface area contributed by atoms with Crippen molar-refractivity contribution in [2.24, 2.45) is 4.99 Å². The first-order valence-corrected chi connectivity index (χ1v) is 9.76. The number of rotatable bonds is 3. The van der Waals surface area contributed by atoms with E-state index in [-0.39, 0.29) is 29.8 Å². The van der Waals surface area contributed by atoms with Gasteiger partial charge in [-0.2, -0.15) is 0 Å². The number of anilines is 1.